The number of halogens is 1. The van der Waals surface area contributed by atoms with Gasteiger partial charge in [-0.1, -0.05) is 0 Å². The molecule has 1 aromatic carbocycles. The Kier molecular flexibility index (Phi) is 8.37. The fraction of sp³-hybridized carbons (Fsp3) is 0.471. The van der Waals surface area contributed by atoms with Crippen LogP contribution in [0.3, 0.4) is 0 Å². The highest BCUT2D eigenvalue weighted by atomic mass is 32.2. The molecule has 0 aliphatic carbocycles. The third-order valence-electron chi connectivity index (χ3n) is 2.94. The molecule has 144 valence electrons. The van der Waals surface area contributed by atoms with E-state index in [0.717, 1.165) is 12.1 Å². The predicted octanol–water partition coefficient (Wildman–Crippen LogP) is 2.66. The van der Waals surface area contributed by atoms with Crippen molar-refractivity contribution in [3.63, 3.8) is 0 Å². The monoisotopic (exact) mass is 386 g/mol. The fourth-order valence-corrected chi connectivity index (χ4v) is 2.23. The topological polar surface area (TPSA) is 93.7 Å². The van der Waals surface area contributed by atoms with Gasteiger partial charge in [0.15, 0.2) is 0 Å². The highest BCUT2D eigenvalue weighted by Crippen LogP contribution is 2.09. The lowest BCUT2D eigenvalue weighted by molar-refractivity contribution is -0.151. The molecule has 0 radical (unpaired) electrons. The SMILES string of the molecule is CSCC[C@H](NC(=O)OC(C)(C)C)C(=O)ONC(=O)c1ccc(F)cc1. The van der Waals surface area contributed by atoms with Crippen molar-refractivity contribution in [2.75, 3.05) is 12.0 Å². The standard InChI is InChI=1S/C17H23FN2O5S/c1-17(2,3)24-16(23)19-13(9-10-26-4)15(22)25-20-14(21)11-5-7-12(18)8-6-11/h5-8,13H,9-10H2,1-4H3,(H,19,23)(H,20,21)/t13-/m0/s1. The number of hydroxylamine groups is 1. The third kappa shape index (κ3) is 8.19. The van der Waals surface area contributed by atoms with Crippen molar-refractivity contribution in [2.45, 2.75) is 38.8 Å². The van der Waals surface area contributed by atoms with E-state index in [9.17, 15) is 18.8 Å². The number of benzene rings is 1. The number of amides is 2. The zero-order chi connectivity index (χ0) is 19.7. The van der Waals surface area contributed by atoms with E-state index in [-0.39, 0.29) is 5.56 Å². The van der Waals surface area contributed by atoms with E-state index in [0.29, 0.717) is 12.2 Å². The van der Waals surface area contributed by atoms with Crippen LogP contribution in [-0.4, -0.2) is 41.6 Å². The van der Waals surface area contributed by atoms with Gasteiger partial charge in [-0.05, 0) is 63.5 Å². The highest BCUT2D eigenvalue weighted by Gasteiger charge is 2.26. The average Bonchev–Trinajstić information content (AvgIpc) is 2.55. The lowest BCUT2D eigenvalue weighted by atomic mass is 10.2. The Hall–Kier alpha value is -2.29. The molecule has 0 unspecified atom stereocenters. The number of rotatable bonds is 6. The second-order valence-electron chi connectivity index (χ2n) is 6.34. The summed E-state index contributed by atoms with van der Waals surface area (Å²) in [5.41, 5.74) is 1.40. The number of alkyl carbamates (subject to hydrolysis) is 1. The van der Waals surface area contributed by atoms with Crippen LogP contribution in [0.5, 0.6) is 0 Å². The molecule has 0 saturated heterocycles. The van der Waals surface area contributed by atoms with Crippen molar-refractivity contribution in [1.29, 1.82) is 0 Å². The van der Waals surface area contributed by atoms with Gasteiger partial charge in [-0.2, -0.15) is 17.2 Å². The summed E-state index contributed by atoms with van der Waals surface area (Å²) in [5, 5.41) is 2.43. The predicted molar refractivity (Wildman–Crippen MR) is 96.1 cm³/mol. The fourth-order valence-electron chi connectivity index (χ4n) is 1.76. The van der Waals surface area contributed by atoms with Gasteiger partial charge in [0, 0.05) is 5.56 Å². The number of hydrogen-bond acceptors (Lipinski definition) is 6. The van der Waals surface area contributed by atoms with Crippen molar-refractivity contribution >= 4 is 29.7 Å². The van der Waals surface area contributed by atoms with Gasteiger partial charge < -0.3 is 14.9 Å². The summed E-state index contributed by atoms with van der Waals surface area (Å²) in [5.74, 6) is -1.45. The number of hydrogen-bond donors (Lipinski definition) is 2. The van der Waals surface area contributed by atoms with Crippen LogP contribution in [0.1, 0.15) is 37.6 Å². The molecule has 0 fully saturated rings. The molecule has 0 aliphatic rings. The quantitative estimate of drug-likeness (QED) is 0.730. The summed E-state index contributed by atoms with van der Waals surface area (Å²) in [6.45, 7) is 5.10. The van der Waals surface area contributed by atoms with E-state index in [4.69, 9.17) is 9.57 Å². The summed E-state index contributed by atoms with van der Waals surface area (Å²) >= 11 is 1.49. The number of nitrogens with one attached hydrogen (secondary N) is 2. The maximum Gasteiger partial charge on any atom is 0.408 e. The largest absolute Gasteiger partial charge is 0.444 e. The van der Waals surface area contributed by atoms with Crippen LogP contribution in [0, 0.1) is 5.82 Å². The molecule has 26 heavy (non-hydrogen) atoms. The first-order chi connectivity index (χ1) is 12.1. The summed E-state index contributed by atoms with van der Waals surface area (Å²) in [7, 11) is 0. The van der Waals surface area contributed by atoms with E-state index in [1.807, 2.05) is 11.7 Å². The minimum absolute atomic E-state index is 0.125. The molecule has 9 heteroatoms. The van der Waals surface area contributed by atoms with E-state index >= 15 is 0 Å². The first-order valence-corrected chi connectivity index (χ1v) is 9.27. The molecule has 0 aliphatic heterocycles. The van der Waals surface area contributed by atoms with Crippen LogP contribution in [0.2, 0.25) is 0 Å². The second kappa shape index (κ2) is 10.0. The normalized spacial score (nSPS) is 12.0. The summed E-state index contributed by atoms with van der Waals surface area (Å²) in [4.78, 5) is 40.7. The second-order valence-corrected chi connectivity index (χ2v) is 7.33. The van der Waals surface area contributed by atoms with Crippen LogP contribution < -0.4 is 10.8 Å². The van der Waals surface area contributed by atoms with Gasteiger partial charge in [0.05, 0.1) is 0 Å². The summed E-state index contributed by atoms with van der Waals surface area (Å²) < 4.78 is 18.0. The Balaban J connectivity index is 2.62. The van der Waals surface area contributed by atoms with Gasteiger partial charge >= 0.3 is 12.1 Å². The Labute approximate surface area is 155 Å². The van der Waals surface area contributed by atoms with Gasteiger partial charge in [-0.25, -0.2) is 14.0 Å². The van der Waals surface area contributed by atoms with Crippen molar-refractivity contribution in [2.24, 2.45) is 0 Å². The Morgan fingerprint density at radius 3 is 2.35 bits per heavy atom. The van der Waals surface area contributed by atoms with Crippen molar-refractivity contribution < 1.29 is 28.3 Å². The van der Waals surface area contributed by atoms with Gasteiger partial charge in [0.25, 0.3) is 5.91 Å². The van der Waals surface area contributed by atoms with E-state index in [1.54, 1.807) is 20.8 Å². The molecule has 0 bridgehead atoms. The average molecular weight is 386 g/mol. The molecule has 1 aromatic rings. The van der Waals surface area contributed by atoms with Gasteiger partial charge in [0.2, 0.25) is 0 Å². The Morgan fingerprint density at radius 2 is 1.81 bits per heavy atom. The number of carbonyl (C=O) groups is 3. The van der Waals surface area contributed by atoms with Crippen LogP contribution >= 0.6 is 11.8 Å². The minimum Gasteiger partial charge on any atom is -0.444 e. The molecule has 1 rings (SSSR count). The van der Waals surface area contributed by atoms with E-state index in [2.05, 4.69) is 5.32 Å². The number of ether oxygens (including phenoxy) is 1. The zero-order valence-corrected chi connectivity index (χ0v) is 15.9. The van der Waals surface area contributed by atoms with Crippen LogP contribution in [0.4, 0.5) is 9.18 Å². The molecule has 2 N–H and O–H groups in total. The molecule has 7 nitrogen and oxygen atoms in total. The molecule has 0 saturated carbocycles. The molecule has 0 aromatic heterocycles. The van der Waals surface area contributed by atoms with E-state index < -0.39 is 35.4 Å². The van der Waals surface area contributed by atoms with Crippen LogP contribution in [-0.2, 0) is 14.4 Å². The smallest absolute Gasteiger partial charge is 0.408 e. The first-order valence-electron chi connectivity index (χ1n) is 7.87. The van der Waals surface area contributed by atoms with Gasteiger partial charge in [-0.15, -0.1) is 0 Å². The van der Waals surface area contributed by atoms with Gasteiger partial charge in [0.1, 0.15) is 17.5 Å². The Morgan fingerprint density at radius 1 is 1.19 bits per heavy atom. The Bertz CT molecular complexity index is 631. The van der Waals surface area contributed by atoms with E-state index in [1.165, 1.54) is 23.9 Å². The lowest BCUT2D eigenvalue weighted by Crippen LogP contribution is -2.46. The maximum absolute atomic E-state index is 12.9. The lowest BCUT2D eigenvalue weighted by Gasteiger charge is -2.22. The maximum atomic E-state index is 12.9. The molecule has 2 amide bonds. The van der Waals surface area contributed by atoms with Gasteiger partial charge in [-0.3, -0.25) is 4.79 Å². The molecule has 0 spiro atoms. The molecule has 1 atom stereocenters. The third-order valence-corrected chi connectivity index (χ3v) is 3.58. The minimum atomic E-state index is -0.981. The zero-order valence-electron chi connectivity index (χ0n) is 15.1. The number of carbonyl (C=O) groups excluding carboxylic acids is 3. The van der Waals surface area contributed by atoms with Crippen molar-refractivity contribution in [3.05, 3.63) is 35.6 Å². The van der Waals surface area contributed by atoms with Crippen LogP contribution in [0.15, 0.2) is 24.3 Å². The first kappa shape index (κ1) is 21.8. The van der Waals surface area contributed by atoms with Crippen LogP contribution in [0.25, 0.3) is 0 Å². The van der Waals surface area contributed by atoms with Crippen molar-refractivity contribution in [1.82, 2.24) is 10.8 Å². The molecular formula is C17H23FN2O5S. The highest BCUT2D eigenvalue weighted by molar-refractivity contribution is 7.98. The summed E-state index contributed by atoms with van der Waals surface area (Å²) in [6.07, 6.45) is 1.39. The molecule has 0 heterocycles. The van der Waals surface area contributed by atoms with Crippen molar-refractivity contribution in [3.8, 4) is 0 Å². The summed E-state index contributed by atoms with van der Waals surface area (Å²) in [6, 6.07) is 3.75. The number of thioether (sulfide) groups is 1. The molecular weight excluding hydrogens is 363 g/mol.